The standard InChI is InChI=1S/C14H14BrN5/c1-17-6-5-11-13(15)20-12-7-9(8-16)3-4-10(12)18-14(20)19(11)2/h3-4,7,17H,5-6H2,1-2H3. The highest BCUT2D eigenvalue weighted by Crippen LogP contribution is 2.27. The Morgan fingerprint density at radius 2 is 2.25 bits per heavy atom. The quantitative estimate of drug-likeness (QED) is 0.800. The molecule has 0 fully saturated rings. The number of likely N-dealkylation sites (N-methyl/N-ethyl adjacent to an activating group) is 1. The molecule has 0 amide bonds. The van der Waals surface area contributed by atoms with E-state index in [4.69, 9.17) is 5.26 Å². The molecule has 0 unspecified atom stereocenters. The maximum Gasteiger partial charge on any atom is 0.215 e. The number of hydrogen-bond acceptors (Lipinski definition) is 3. The number of benzene rings is 1. The van der Waals surface area contributed by atoms with E-state index in [1.807, 2.05) is 26.2 Å². The largest absolute Gasteiger partial charge is 0.319 e. The summed E-state index contributed by atoms with van der Waals surface area (Å²) in [4.78, 5) is 4.65. The van der Waals surface area contributed by atoms with Gasteiger partial charge < -0.3 is 9.88 Å². The summed E-state index contributed by atoms with van der Waals surface area (Å²) in [6, 6.07) is 7.74. The fraction of sp³-hybridized carbons (Fsp3) is 0.286. The Kier molecular flexibility index (Phi) is 3.24. The van der Waals surface area contributed by atoms with E-state index in [0.29, 0.717) is 5.56 Å². The Morgan fingerprint density at radius 1 is 1.45 bits per heavy atom. The van der Waals surface area contributed by atoms with Gasteiger partial charge in [0, 0.05) is 20.0 Å². The predicted molar refractivity (Wildman–Crippen MR) is 81.7 cm³/mol. The number of aromatic nitrogens is 3. The van der Waals surface area contributed by atoms with Crippen LogP contribution < -0.4 is 5.32 Å². The summed E-state index contributed by atoms with van der Waals surface area (Å²) in [5.41, 5.74) is 3.69. The van der Waals surface area contributed by atoms with Crippen LogP contribution in [0.3, 0.4) is 0 Å². The van der Waals surface area contributed by atoms with Crippen LogP contribution in [0.5, 0.6) is 0 Å². The minimum atomic E-state index is 0.645. The molecular weight excluding hydrogens is 318 g/mol. The lowest BCUT2D eigenvalue weighted by molar-refractivity contribution is 0.741. The van der Waals surface area contributed by atoms with Crippen molar-refractivity contribution in [1.29, 1.82) is 5.26 Å². The molecule has 0 aliphatic heterocycles. The van der Waals surface area contributed by atoms with Gasteiger partial charge in [0.1, 0.15) is 4.60 Å². The highest BCUT2D eigenvalue weighted by atomic mass is 79.9. The molecule has 20 heavy (non-hydrogen) atoms. The van der Waals surface area contributed by atoms with Gasteiger partial charge in [-0.15, -0.1) is 0 Å². The zero-order chi connectivity index (χ0) is 14.3. The maximum atomic E-state index is 9.05. The van der Waals surface area contributed by atoms with E-state index in [1.165, 1.54) is 5.69 Å². The molecule has 0 saturated carbocycles. The molecule has 0 bridgehead atoms. The summed E-state index contributed by atoms with van der Waals surface area (Å²) < 4.78 is 5.15. The molecule has 102 valence electrons. The molecular formula is C14H14BrN5. The van der Waals surface area contributed by atoms with Crippen LogP contribution in [0, 0.1) is 11.3 Å². The van der Waals surface area contributed by atoms with Crippen LogP contribution in [0.4, 0.5) is 0 Å². The molecule has 2 aromatic heterocycles. The average Bonchev–Trinajstić information content (AvgIpc) is 2.94. The van der Waals surface area contributed by atoms with Crippen LogP contribution in [0.1, 0.15) is 11.3 Å². The Hall–Kier alpha value is -1.84. The summed E-state index contributed by atoms with van der Waals surface area (Å²) in [6.07, 6.45) is 0.913. The smallest absolute Gasteiger partial charge is 0.215 e. The van der Waals surface area contributed by atoms with E-state index in [1.54, 1.807) is 6.07 Å². The van der Waals surface area contributed by atoms with Crippen molar-refractivity contribution in [2.24, 2.45) is 7.05 Å². The molecule has 5 nitrogen and oxygen atoms in total. The monoisotopic (exact) mass is 331 g/mol. The van der Waals surface area contributed by atoms with Crippen LogP contribution in [0.25, 0.3) is 16.8 Å². The van der Waals surface area contributed by atoms with E-state index in [-0.39, 0.29) is 0 Å². The molecule has 1 aromatic carbocycles. The Morgan fingerprint density at radius 3 is 2.95 bits per heavy atom. The lowest BCUT2D eigenvalue weighted by Gasteiger charge is -2.03. The molecule has 3 rings (SSSR count). The molecule has 0 aliphatic rings. The summed E-state index contributed by atoms with van der Waals surface area (Å²) in [5.74, 6) is 0.882. The van der Waals surface area contributed by atoms with E-state index in [9.17, 15) is 0 Å². The Labute approximate surface area is 125 Å². The molecule has 0 radical (unpaired) electrons. The van der Waals surface area contributed by atoms with Gasteiger partial charge in [0.25, 0.3) is 0 Å². The van der Waals surface area contributed by atoms with Crippen molar-refractivity contribution in [1.82, 2.24) is 19.3 Å². The van der Waals surface area contributed by atoms with Gasteiger partial charge >= 0.3 is 0 Å². The first-order valence-corrected chi connectivity index (χ1v) is 7.16. The van der Waals surface area contributed by atoms with Gasteiger partial charge in [0.05, 0.1) is 28.4 Å². The second-order valence-corrected chi connectivity index (χ2v) is 5.46. The number of nitrogens with one attached hydrogen (secondary N) is 1. The summed E-state index contributed by atoms with van der Waals surface area (Å²) in [7, 11) is 3.96. The maximum absolute atomic E-state index is 9.05. The number of halogens is 1. The topological polar surface area (TPSA) is 58.0 Å². The number of imidazole rings is 2. The molecule has 2 heterocycles. The first-order chi connectivity index (χ1) is 9.67. The van der Waals surface area contributed by atoms with Crippen LogP contribution in [-0.2, 0) is 13.5 Å². The van der Waals surface area contributed by atoms with E-state index >= 15 is 0 Å². The van der Waals surface area contributed by atoms with E-state index in [0.717, 1.165) is 34.4 Å². The van der Waals surface area contributed by atoms with Crippen molar-refractivity contribution < 1.29 is 0 Å². The van der Waals surface area contributed by atoms with Gasteiger partial charge in [-0.1, -0.05) is 0 Å². The van der Waals surface area contributed by atoms with Gasteiger partial charge in [-0.25, -0.2) is 4.98 Å². The fourth-order valence-electron chi connectivity index (χ4n) is 2.45. The number of nitrogens with zero attached hydrogens (tertiary/aromatic N) is 4. The highest BCUT2D eigenvalue weighted by Gasteiger charge is 2.17. The summed E-state index contributed by atoms with van der Waals surface area (Å²) in [6.45, 7) is 0.904. The van der Waals surface area contributed by atoms with Gasteiger partial charge in [0.2, 0.25) is 5.78 Å². The summed E-state index contributed by atoms with van der Waals surface area (Å²) in [5, 5.41) is 12.2. The third-order valence-electron chi connectivity index (χ3n) is 3.52. The molecule has 1 N–H and O–H groups in total. The number of aryl methyl sites for hydroxylation is 1. The van der Waals surface area contributed by atoms with Crippen molar-refractivity contribution in [2.45, 2.75) is 6.42 Å². The molecule has 3 aromatic rings. The third-order valence-corrected chi connectivity index (χ3v) is 4.33. The van der Waals surface area contributed by atoms with Crippen molar-refractivity contribution in [3.05, 3.63) is 34.1 Å². The highest BCUT2D eigenvalue weighted by molar-refractivity contribution is 9.10. The van der Waals surface area contributed by atoms with Gasteiger partial charge in [-0.05, 0) is 41.2 Å². The number of nitriles is 1. The zero-order valence-corrected chi connectivity index (χ0v) is 12.9. The van der Waals surface area contributed by atoms with Crippen LogP contribution >= 0.6 is 15.9 Å². The molecule has 0 saturated heterocycles. The zero-order valence-electron chi connectivity index (χ0n) is 11.3. The second-order valence-electron chi connectivity index (χ2n) is 4.71. The number of rotatable bonds is 3. The van der Waals surface area contributed by atoms with Crippen molar-refractivity contribution in [3.8, 4) is 6.07 Å². The lowest BCUT2D eigenvalue weighted by Crippen LogP contribution is -2.12. The van der Waals surface area contributed by atoms with Crippen molar-refractivity contribution >= 4 is 32.7 Å². The van der Waals surface area contributed by atoms with Crippen molar-refractivity contribution in [2.75, 3.05) is 13.6 Å². The molecule has 0 aliphatic carbocycles. The van der Waals surface area contributed by atoms with E-state index in [2.05, 4.69) is 41.3 Å². The van der Waals surface area contributed by atoms with Gasteiger partial charge in [-0.3, -0.25) is 4.40 Å². The van der Waals surface area contributed by atoms with E-state index < -0.39 is 0 Å². The Balaban J connectivity index is 2.30. The molecule has 6 heteroatoms. The predicted octanol–water partition coefficient (Wildman–Crippen LogP) is 2.22. The normalized spacial score (nSPS) is 11.3. The van der Waals surface area contributed by atoms with Crippen LogP contribution in [-0.4, -0.2) is 27.5 Å². The van der Waals surface area contributed by atoms with Gasteiger partial charge in [-0.2, -0.15) is 5.26 Å². The first-order valence-electron chi connectivity index (χ1n) is 6.37. The lowest BCUT2D eigenvalue weighted by atomic mass is 10.2. The minimum absolute atomic E-state index is 0.645. The third kappa shape index (κ3) is 1.82. The molecule has 0 spiro atoms. The van der Waals surface area contributed by atoms with Crippen LogP contribution in [0.2, 0.25) is 0 Å². The number of hydrogen-bond donors (Lipinski definition) is 1. The second kappa shape index (κ2) is 4.93. The Bertz CT molecular complexity index is 837. The fourth-order valence-corrected chi connectivity index (χ4v) is 3.27. The number of fused-ring (bicyclic) bond motifs is 3. The first kappa shape index (κ1) is 13.2. The average molecular weight is 332 g/mol. The molecule has 0 atom stereocenters. The van der Waals surface area contributed by atoms with Crippen molar-refractivity contribution in [3.63, 3.8) is 0 Å². The van der Waals surface area contributed by atoms with Gasteiger partial charge in [0.15, 0.2) is 0 Å². The minimum Gasteiger partial charge on any atom is -0.319 e. The van der Waals surface area contributed by atoms with Crippen LogP contribution in [0.15, 0.2) is 22.8 Å². The summed E-state index contributed by atoms with van der Waals surface area (Å²) >= 11 is 3.67. The SMILES string of the molecule is CNCCc1c(Br)n2c3cc(C#N)ccc3nc2n1C.